The first-order valence-electron chi connectivity index (χ1n) is 22.4. The number of hydrogen-bond donors (Lipinski definition) is 2. The number of esters is 2. The monoisotopic (exact) mass is 790 g/mol. The van der Waals surface area contributed by atoms with Gasteiger partial charge in [0.05, 0.1) is 6.10 Å². The average Bonchev–Trinajstić information content (AvgIpc) is 3.14. The molecule has 55 heavy (non-hydrogen) atoms. The normalized spacial score (nSPS) is 12.3. The summed E-state index contributed by atoms with van der Waals surface area (Å²) in [5, 5.41) is 14.2. The highest BCUT2D eigenvalue weighted by molar-refractivity contribution is 5.85. The molecule has 0 aliphatic rings. The molecule has 6 nitrogen and oxygen atoms in total. The van der Waals surface area contributed by atoms with Crippen molar-refractivity contribution in [1.82, 2.24) is 5.32 Å². The number of β-amino-alcohol motifs (C(OH)–C–C–N with tert-alkyl or cyclic N) is 1. The van der Waals surface area contributed by atoms with Gasteiger partial charge in [0.25, 0.3) is 0 Å². The van der Waals surface area contributed by atoms with Crippen LogP contribution in [0.1, 0.15) is 226 Å². The minimum atomic E-state index is -0.798. The zero-order chi connectivity index (χ0) is 39.5. The van der Waals surface area contributed by atoms with Crippen molar-refractivity contribution in [3.63, 3.8) is 0 Å². The molecule has 1 atom stereocenters. The summed E-state index contributed by atoms with van der Waals surface area (Å²) in [6.45, 7) is 11.0. The zero-order valence-corrected chi connectivity index (χ0v) is 36.9. The van der Waals surface area contributed by atoms with Gasteiger partial charge >= 0.3 is 11.9 Å². The van der Waals surface area contributed by atoms with E-state index in [1.165, 1.54) is 109 Å². The molecule has 7 heteroatoms. The third kappa shape index (κ3) is 32.6. The van der Waals surface area contributed by atoms with Gasteiger partial charge in [-0.2, -0.15) is 0 Å². The first-order chi connectivity index (χ1) is 26.2. The Balaban J connectivity index is 0.0000292. The molecule has 0 aliphatic carbocycles. The van der Waals surface area contributed by atoms with Crippen LogP contribution in [-0.4, -0.2) is 29.1 Å². The van der Waals surface area contributed by atoms with Gasteiger partial charge in [-0.05, 0) is 103 Å². The van der Waals surface area contributed by atoms with Crippen molar-refractivity contribution in [2.75, 3.05) is 6.54 Å². The summed E-state index contributed by atoms with van der Waals surface area (Å²) < 4.78 is 11.5. The third-order valence-corrected chi connectivity index (χ3v) is 9.91. The van der Waals surface area contributed by atoms with Crippen LogP contribution < -0.4 is 14.8 Å². The average molecular weight is 791 g/mol. The molecule has 0 fully saturated rings. The lowest BCUT2D eigenvalue weighted by Gasteiger charge is -2.23. The minimum absolute atomic E-state index is 0. The largest absolute Gasteiger partial charge is 0.423 e. The van der Waals surface area contributed by atoms with Crippen LogP contribution in [0.15, 0.2) is 42.5 Å². The van der Waals surface area contributed by atoms with Crippen molar-refractivity contribution in [2.24, 2.45) is 0 Å². The smallest absolute Gasteiger partial charge is 0.311 e. The predicted octanol–water partition coefficient (Wildman–Crippen LogP) is 14.4. The fraction of sp³-hybridized carbons (Fsp3) is 0.750. The number of allylic oxidation sites excluding steroid dienone is 4. The maximum absolute atomic E-state index is 12.9. The molecule has 318 valence electrons. The molecule has 0 aliphatic heterocycles. The van der Waals surface area contributed by atoms with Gasteiger partial charge in [0.15, 0.2) is 11.5 Å². The van der Waals surface area contributed by atoms with Crippen molar-refractivity contribution in [3.8, 4) is 11.5 Å². The number of benzene rings is 1. The first kappa shape index (κ1) is 52.9. The van der Waals surface area contributed by atoms with Crippen LogP contribution in [0.3, 0.4) is 0 Å². The number of halogens is 1. The van der Waals surface area contributed by atoms with Gasteiger partial charge in [-0.3, -0.25) is 9.59 Å². The molecule has 1 aromatic rings. The summed E-state index contributed by atoms with van der Waals surface area (Å²) in [6.07, 6.45) is 40.4. The number of carbonyl (C=O) groups excluding carboxylic acids is 2. The second kappa shape index (κ2) is 36.2. The van der Waals surface area contributed by atoms with Crippen LogP contribution in [0.25, 0.3) is 0 Å². The summed E-state index contributed by atoms with van der Waals surface area (Å²) in [5.74, 6) is -0.255. The highest BCUT2D eigenvalue weighted by atomic mass is 35.5. The molecule has 0 aromatic heterocycles. The molecule has 0 radical (unpaired) electrons. The maximum Gasteiger partial charge on any atom is 0.311 e. The summed E-state index contributed by atoms with van der Waals surface area (Å²) >= 11 is 0. The van der Waals surface area contributed by atoms with E-state index in [1.54, 1.807) is 18.2 Å². The lowest BCUT2D eigenvalue weighted by atomic mass is 10.1. The Bertz CT molecular complexity index is 1130. The fourth-order valence-electron chi connectivity index (χ4n) is 6.44. The van der Waals surface area contributed by atoms with Crippen molar-refractivity contribution >= 4 is 24.3 Å². The van der Waals surface area contributed by atoms with E-state index in [9.17, 15) is 14.7 Å². The molecule has 0 saturated heterocycles. The van der Waals surface area contributed by atoms with Crippen LogP contribution in [0.2, 0.25) is 0 Å². The lowest BCUT2D eigenvalue weighted by molar-refractivity contribution is -0.137. The molecule has 2 N–H and O–H groups in total. The minimum Gasteiger partial charge on any atom is -0.423 e. The first-order valence-corrected chi connectivity index (χ1v) is 22.4. The van der Waals surface area contributed by atoms with Gasteiger partial charge in [0.1, 0.15) is 0 Å². The maximum atomic E-state index is 12.9. The molecule has 0 heterocycles. The van der Waals surface area contributed by atoms with Crippen LogP contribution in [0, 0.1) is 0 Å². The van der Waals surface area contributed by atoms with E-state index in [-0.39, 0.29) is 41.4 Å². The number of unbranched alkanes of at least 4 members (excludes halogenated alkanes) is 22. The van der Waals surface area contributed by atoms with Gasteiger partial charge in [-0.15, -0.1) is 12.4 Å². The topological polar surface area (TPSA) is 84.9 Å². The number of aliphatic hydroxyl groups excluding tert-OH is 1. The molecule has 0 amide bonds. The number of nitrogens with one attached hydrogen (secondary N) is 1. The molecule has 1 unspecified atom stereocenters. The van der Waals surface area contributed by atoms with E-state index in [0.29, 0.717) is 24.9 Å². The standard InChI is InChI=1S/C48H83NO5.ClH/c1-6-8-10-12-14-16-18-20-22-24-26-28-30-32-34-36-46(51)53-44-39-38-42(43(50)41-49-48(3,4)5)40-45(44)54-47(52)37-35-33-31-29-27-25-23-21-19-17-15-13-11-9-7-2;/h20-23,38-40,43,49-50H,6-19,24-37,41H2,1-5H3;1H/b22-20+,23-21+;. The van der Waals surface area contributed by atoms with Gasteiger partial charge < -0.3 is 19.9 Å². The van der Waals surface area contributed by atoms with Crippen LogP contribution >= 0.6 is 12.4 Å². The number of carbonyl (C=O) groups is 2. The second-order valence-electron chi connectivity index (χ2n) is 16.5. The van der Waals surface area contributed by atoms with Crippen LogP contribution in [0.5, 0.6) is 11.5 Å². The highest BCUT2D eigenvalue weighted by Gasteiger charge is 2.19. The van der Waals surface area contributed by atoms with Crippen molar-refractivity contribution in [3.05, 3.63) is 48.1 Å². The number of ether oxygens (including phenoxy) is 2. The van der Waals surface area contributed by atoms with E-state index < -0.39 is 6.10 Å². The van der Waals surface area contributed by atoms with Crippen LogP contribution in [0.4, 0.5) is 0 Å². The fourth-order valence-corrected chi connectivity index (χ4v) is 6.44. The van der Waals surface area contributed by atoms with E-state index in [4.69, 9.17) is 9.47 Å². The Hall–Kier alpha value is -2.15. The molecular formula is C48H84ClNO5. The summed E-state index contributed by atoms with van der Waals surface area (Å²) in [4.78, 5) is 25.7. The Kier molecular flexibility index (Phi) is 34.8. The summed E-state index contributed by atoms with van der Waals surface area (Å²) in [5.41, 5.74) is 0.451. The molecule has 0 saturated carbocycles. The Morgan fingerprint density at radius 3 is 1.35 bits per heavy atom. The van der Waals surface area contributed by atoms with E-state index >= 15 is 0 Å². The Morgan fingerprint density at radius 1 is 0.582 bits per heavy atom. The third-order valence-electron chi connectivity index (χ3n) is 9.91. The van der Waals surface area contributed by atoms with E-state index in [2.05, 4.69) is 43.5 Å². The predicted molar refractivity (Wildman–Crippen MR) is 237 cm³/mol. The number of aliphatic hydroxyl groups is 1. The SMILES string of the molecule is CCCCCCCC/C=C/CCCCCCCC(=O)Oc1ccc(C(O)CNC(C)(C)C)cc1OC(=O)CCCCCCC/C=C/CCCCCCCC.Cl. The molecule has 1 rings (SSSR count). The molecule has 0 bridgehead atoms. The van der Waals surface area contributed by atoms with Crippen molar-refractivity contribution in [2.45, 2.75) is 226 Å². The second-order valence-corrected chi connectivity index (χ2v) is 16.5. The summed E-state index contributed by atoms with van der Waals surface area (Å²) in [6, 6.07) is 5.01. The van der Waals surface area contributed by atoms with Crippen molar-refractivity contribution < 1.29 is 24.2 Å². The van der Waals surface area contributed by atoms with Gasteiger partial charge in [0.2, 0.25) is 0 Å². The van der Waals surface area contributed by atoms with Crippen molar-refractivity contribution in [1.29, 1.82) is 0 Å². The number of hydrogen-bond acceptors (Lipinski definition) is 6. The number of rotatable bonds is 35. The Labute approximate surface area is 344 Å². The molecule has 0 spiro atoms. The van der Waals surface area contributed by atoms with Gasteiger partial charge in [-0.1, -0.05) is 147 Å². The molecular weight excluding hydrogens is 706 g/mol. The Morgan fingerprint density at radius 2 is 0.945 bits per heavy atom. The highest BCUT2D eigenvalue weighted by Crippen LogP contribution is 2.32. The molecule has 1 aromatic carbocycles. The lowest BCUT2D eigenvalue weighted by Crippen LogP contribution is -2.38. The van der Waals surface area contributed by atoms with Crippen LogP contribution in [-0.2, 0) is 9.59 Å². The quantitative estimate of drug-likeness (QED) is 0.0308. The van der Waals surface area contributed by atoms with Gasteiger partial charge in [0, 0.05) is 24.9 Å². The van der Waals surface area contributed by atoms with E-state index in [0.717, 1.165) is 57.8 Å². The van der Waals surface area contributed by atoms with E-state index in [1.807, 2.05) is 20.8 Å². The van der Waals surface area contributed by atoms with Gasteiger partial charge in [-0.25, -0.2) is 0 Å². The summed E-state index contributed by atoms with van der Waals surface area (Å²) in [7, 11) is 0. The zero-order valence-electron chi connectivity index (χ0n) is 36.1.